The van der Waals surface area contributed by atoms with Crippen LogP contribution >= 0.6 is 7.82 Å². The van der Waals surface area contributed by atoms with E-state index in [1.807, 2.05) is 0 Å². The molecule has 0 rings (SSSR count). The molecular weight excluding hydrogens is 323 g/mol. The van der Waals surface area contributed by atoms with Gasteiger partial charge in [0.1, 0.15) is 0 Å². The van der Waals surface area contributed by atoms with E-state index in [0.717, 1.165) is 0 Å². The van der Waals surface area contributed by atoms with Gasteiger partial charge in [0.05, 0.1) is 0 Å². The maximum Gasteiger partial charge on any atom is 0.680 e. The highest BCUT2D eigenvalue weighted by atomic mass is 31.2. The summed E-state index contributed by atoms with van der Waals surface area (Å²) in [5, 5.41) is 0. The first-order valence-electron chi connectivity index (χ1n) is 3.36. The van der Waals surface area contributed by atoms with Gasteiger partial charge >= 0.3 is 35.0 Å². The lowest BCUT2D eigenvalue weighted by atomic mass is 15.6. The molecule has 17 heteroatoms. The zero-order valence-corrected chi connectivity index (χ0v) is 11.5. The Labute approximate surface area is 96.0 Å². The third-order valence-corrected chi connectivity index (χ3v) is 6.33. The SMILES string of the molecule is O=P(O[Si](O)(O)O)(O[Si](O)(O)O)O[Si](O)(O)O. The van der Waals surface area contributed by atoms with E-state index in [1.165, 1.54) is 0 Å². The van der Waals surface area contributed by atoms with Crippen LogP contribution < -0.4 is 0 Å². The number of phosphoric acid groups is 1. The van der Waals surface area contributed by atoms with Crippen LogP contribution in [-0.4, -0.2) is 70.3 Å². The minimum Gasteiger partial charge on any atom is -0.367 e. The van der Waals surface area contributed by atoms with Gasteiger partial charge in [-0.05, 0) is 0 Å². The summed E-state index contributed by atoms with van der Waals surface area (Å²) in [7, 11) is -22.5. The Bertz CT molecular complexity index is 242. The maximum absolute atomic E-state index is 11.3. The summed E-state index contributed by atoms with van der Waals surface area (Å²) in [5.41, 5.74) is 0. The molecule has 13 nitrogen and oxygen atoms in total. The Morgan fingerprint density at radius 3 is 0.882 bits per heavy atom. The molecule has 0 aromatic heterocycles. The van der Waals surface area contributed by atoms with E-state index in [4.69, 9.17) is 43.2 Å². The largest absolute Gasteiger partial charge is 0.680 e. The number of hydrogen-bond donors (Lipinski definition) is 9. The highest BCUT2D eigenvalue weighted by molar-refractivity contribution is 7.52. The summed E-state index contributed by atoms with van der Waals surface area (Å²) in [4.78, 5) is 75.5. The molecule has 9 N–H and O–H groups in total. The fourth-order valence-corrected chi connectivity index (χ4v) is 5.56. The molecule has 0 fully saturated rings. The lowest BCUT2D eigenvalue weighted by Gasteiger charge is -2.24. The van der Waals surface area contributed by atoms with Crippen LogP contribution in [0.4, 0.5) is 0 Å². The van der Waals surface area contributed by atoms with E-state index in [1.54, 1.807) is 0 Å². The third-order valence-electron chi connectivity index (χ3n) is 0.703. The molecule has 0 aromatic carbocycles. The van der Waals surface area contributed by atoms with Gasteiger partial charge in [0.15, 0.2) is 0 Å². The minimum absolute atomic E-state index is 3.40. The standard InChI is InChI=1S/H9O13PSi3/c1-14(11-15(2,3)4,12-16(5,6)7)13-17(8,9)10/h2-10H. The van der Waals surface area contributed by atoms with Gasteiger partial charge in [-0.2, -0.15) is 0 Å². The second-order valence-electron chi connectivity index (χ2n) is 2.44. The molecule has 0 atom stereocenters. The van der Waals surface area contributed by atoms with Crippen molar-refractivity contribution in [2.45, 2.75) is 0 Å². The number of rotatable bonds is 6. The molecule has 0 radical (unpaired) electrons. The highest BCUT2D eigenvalue weighted by Gasteiger charge is 2.55. The molecule has 0 spiro atoms. The molecule has 0 unspecified atom stereocenters. The summed E-state index contributed by atoms with van der Waals surface area (Å²) < 4.78 is 21.5. The molecule has 0 bridgehead atoms. The highest BCUT2D eigenvalue weighted by Crippen LogP contribution is 2.53. The van der Waals surface area contributed by atoms with Crippen molar-refractivity contribution in [3.63, 3.8) is 0 Å². The van der Waals surface area contributed by atoms with E-state index in [-0.39, 0.29) is 0 Å². The fraction of sp³-hybridized carbons (Fsp3) is 0. The summed E-state index contributed by atoms with van der Waals surface area (Å²) in [5.74, 6) is 0. The zero-order chi connectivity index (χ0) is 14.1. The van der Waals surface area contributed by atoms with Crippen LogP contribution in [0.25, 0.3) is 0 Å². The van der Waals surface area contributed by atoms with Gasteiger partial charge in [-0.1, -0.05) is 0 Å². The Hall–Kier alpha value is 0.401. The third kappa shape index (κ3) is 10.0. The van der Waals surface area contributed by atoms with Crippen molar-refractivity contribution in [3.8, 4) is 0 Å². The van der Waals surface area contributed by atoms with E-state index >= 15 is 0 Å². The first kappa shape index (κ1) is 17.4. The first-order valence-corrected chi connectivity index (χ1v) is 10.1. The van der Waals surface area contributed by atoms with E-state index < -0.39 is 35.0 Å². The molecule has 0 saturated heterocycles. The van der Waals surface area contributed by atoms with Crippen molar-refractivity contribution in [1.29, 1.82) is 0 Å². The Kier molecular flexibility index (Phi) is 5.30. The average Bonchev–Trinajstić information content (AvgIpc) is 1.65. The van der Waals surface area contributed by atoms with Crippen LogP contribution in [0.1, 0.15) is 0 Å². The van der Waals surface area contributed by atoms with Crippen molar-refractivity contribution in [2.24, 2.45) is 0 Å². The molecule has 0 heterocycles. The van der Waals surface area contributed by atoms with Gasteiger partial charge in [0, 0.05) is 0 Å². The Morgan fingerprint density at radius 2 is 0.765 bits per heavy atom. The van der Waals surface area contributed by atoms with Crippen molar-refractivity contribution in [3.05, 3.63) is 0 Å². The van der Waals surface area contributed by atoms with Crippen molar-refractivity contribution >= 4 is 35.0 Å². The van der Waals surface area contributed by atoms with Crippen LogP contribution in [0.5, 0.6) is 0 Å². The maximum atomic E-state index is 11.3. The molecule has 17 heavy (non-hydrogen) atoms. The van der Waals surface area contributed by atoms with Gasteiger partial charge in [0.25, 0.3) is 0 Å². The van der Waals surface area contributed by atoms with Crippen molar-refractivity contribution < 1.29 is 60.4 Å². The molecular formula is H9O13PSi3. The quantitative estimate of drug-likeness (QED) is 0.163. The molecule has 0 aliphatic heterocycles. The van der Waals surface area contributed by atoms with Crippen molar-refractivity contribution in [1.82, 2.24) is 0 Å². The summed E-state index contributed by atoms with van der Waals surface area (Å²) >= 11 is 0. The lowest BCUT2D eigenvalue weighted by Crippen LogP contribution is -2.46. The van der Waals surface area contributed by atoms with Gasteiger partial charge < -0.3 is 43.2 Å². The smallest absolute Gasteiger partial charge is 0.367 e. The van der Waals surface area contributed by atoms with Crippen LogP contribution in [0.2, 0.25) is 0 Å². The molecule has 0 aliphatic carbocycles. The van der Waals surface area contributed by atoms with E-state index in [2.05, 4.69) is 12.6 Å². The molecule has 0 aromatic rings. The first-order chi connectivity index (χ1) is 7.12. The molecule has 104 valence electrons. The minimum atomic E-state index is -5.65. The topological polar surface area (TPSA) is 227 Å². The summed E-state index contributed by atoms with van der Waals surface area (Å²) in [6, 6.07) is 0. The van der Waals surface area contributed by atoms with Crippen LogP contribution in [-0.2, 0) is 17.2 Å². The predicted molar refractivity (Wildman–Crippen MR) is 48.1 cm³/mol. The van der Waals surface area contributed by atoms with Gasteiger partial charge in [-0.3, -0.25) is 12.6 Å². The monoisotopic (exact) mass is 332 g/mol. The average molecular weight is 332 g/mol. The second kappa shape index (κ2) is 5.18. The van der Waals surface area contributed by atoms with Crippen molar-refractivity contribution in [2.75, 3.05) is 0 Å². The Morgan fingerprint density at radius 1 is 0.588 bits per heavy atom. The summed E-state index contributed by atoms with van der Waals surface area (Å²) in [6.45, 7) is 0. The predicted octanol–water partition coefficient (Wildman–Crippen LogP) is -5.62. The fourth-order valence-electron chi connectivity index (χ4n) is 0.506. The van der Waals surface area contributed by atoms with E-state index in [0.29, 0.717) is 0 Å². The van der Waals surface area contributed by atoms with Gasteiger partial charge in [-0.15, -0.1) is 0 Å². The van der Waals surface area contributed by atoms with Crippen LogP contribution in [0.15, 0.2) is 0 Å². The Balaban J connectivity index is 5.03. The van der Waals surface area contributed by atoms with Crippen LogP contribution in [0.3, 0.4) is 0 Å². The van der Waals surface area contributed by atoms with Gasteiger partial charge in [-0.25, -0.2) is 4.57 Å². The molecule has 0 aliphatic rings. The van der Waals surface area contributed by atoms with Gasteiger partial charge in [0.2, 0.25) is 0 Å². The second-order valence-corrected chi connectivity index (χ2v) is 8.97. The normalized spacial score (nSPS) is 15.1. The van der Waals surface area contributed by atoms with Crippen LogP contribution in [0, 0.1) is 0 Å². The summed E-state index contributed by atoms with van der Waals surface area (Å²) in [6.07, 6.45) is 0. The van der Waals surface area contributed by atoms with E-state index in [9.17, 15) is 4.57 Å². The molecule has 0 amide bonds. The molecule has 0 saturated carbocycles. The zero-order valence-electron chi connectivity index (χ0n) is 7.61. The lowest BCUT2D eigenvalue weighted by molar-refractivity contribution is 0.0555. The number of hydrogen-bond acceptors (Lipinski definition) is 13.